The monoisotopic (exact) mass is 281 g/mol. The largest absolute Gasteiger partial charge is 0.484 e. The van der Waals surface area contributed by atoms with Gasteiger partial charge in [0.25, 0.3) is 0 Å². The van der Waals surface area contributed by atoms with Gasteiger partial charge in [-0.25, -0.2) is 0 Å². The molecular formula is C11H12BrN3O. The van der Waals surface area contributed by atoms with E-state index in [0.29, 0.717) is 18.0 Å². The van der Waals surface area contributed by atoms with Gasteiger partial charge < -0.3 is 10.5 Å². The molecule has 2 rings (SSSR count). The lowest BCUT2D eigenvalue weighted by molar-refractivity contribution is 0.300. The summed E-state index contributed by atoms with van der Waals surface area (Å²) in [6, 6.07) is 7.47. The lowest BCUT2D eigenvalue weighted by Crippen LogP contribution is -2.00. The normalized spacial score (nSPS) is 10.4. The maximum Gasteiger partial charge on any atom is 0.156 e. The number of nitrogens with zero attached hydrogens (tertiary/aromatic N) is 2. The Labute approximate surface area is 102 Å². The van der Waals surface area contributed by atoms with E-state index in [-0.39, 0.29) is 0 Å². The third-order valence-electron chi connectivity index (χ3n) is 2.13. The molecule has 0 fully saturated rings. The Kier molecular flexibility index (Phi) is 3.14. The minimum atomic E-state index is 0.410. The van der Waals surface area contributed by atoms with E-state index in [1.807, 2.05) is 31.4 Å². The number of halogens is 1. The first-order valence-electron chi connectivity index (χ1n) is 4.82. The van der Waals surface area contributed by atoms with Crippen molar-refractivity contribution in [2.24, 2.45) is 7.05 Å². The van der Waals surface area contributed by atoms with Crippen molar-refractivity contribution < 1.29 is 4.74 Å². The predicted molar refractivity (Wildman–Crippen MR) is 66.1 cm³/mol. The zero-order valence-electron chi connectivity index (χ0n) is 8.85. The number of anilines is 1. The number of ether oxygens (including phenoxy) is 1. The molecule has 16 heavy (non-hydrogen) atoms. The Balaban J connectivity index is 2.10. The van der Waals surface area contributed by atoms with Crippen molar-refractivity contribution in [3.8, 4) is 5.75 Å². The van der Waals surface area contributed by atoms with E-state index in [0.717, 1.165) is 10.2 Å². The van der Waals surface area contributed by atoms with Gasteiger partial charge in [-0.2, -0.15) is 5.10 Å². The quantitative estimate of drug-likeness (QED) is 0.879. The van der Waals surface area contributed by atoms with Crippen LogP contribution in [-0.4, -0.2) is 9.78 Å². The van der Waals surface area contributed by atoms with Crippen molar-refractivity contribution in [3.63, 3.8) is 0 Å². The maximum absolute atomic E-state index is 5.81. The predicted octanol–water partition coefficient (Wildman–Crippen LogP) is 2.34. The molecule has 84 valence electrons. The molecule has 4 nitrogen and oxygen atoms in total. The molecule has 1 aromatic heterocycles. The highest BCUT2D eigenvalue weighted by atomic mass is 79.9. The smallest absolute Gasteiger partial charge is 0.156 e. The number of nitrogen functional groups attached to an aromatic ring is 1. The zero-order chi connectivity index (χ0) is 11.5. The summed E-state index contributed by atoms with van der Waals surface area (Å²) in [7, 11) is 1.87. The molecule has 0 spiro atoms. The number of aryl methyl sites for hydroxylation is 1. The average molecular weight is 282 g/mol. The van der Waals surface area contributed by atoms with Crippen LogP contribution in [-0.2, 0) is 13.7 Å². The van der Waals surface area contributed by atoms with Gasteiger partial charge in [-0.05, 0) is 34.1 Å². The van der Waals surface area contributed by atoms with Crippen molar-refractivity contribution in [1.82, 2.24) is 9.78 Å². The molecule has 0 aliphatic heterocycles. The summed E-state index contributed by atoms with van der Waals surface area (Å²) < 4.78 is 8.21. The Morgan fingerprint density at radius 1 is 1.44 bits per heavy atom. The molecule has 0 atom stereocenters. The van der Waals surface area contributed by atoms with E-state index in [9.17, 15) is 0 Å². The van der Waals surface area contributed by atoms with Crippen LogP contribution in [0, 0.1) is 0 Å². The zero-order valence-corrected chi connectivity index (χ0v) is 10.4. The highest BCUT2D eigenvalue weighted by Crippen LogP contribution is 2.31. The molecule has 5 heteroatoms. The number of hydrogen-bond acceptors (Lipinski definition) is 3. The van der Waals surface area contributed by atoms with Gasteiger partial charge in [0, 0.05) is 13.2 Å². The summed E-state index contributed by atoms with van der Waals surface area (Å²) >= 11 is 3.40. The van der Waals surface area contributed by atoms with E-state index in [4.69, 9.17) is 10.5 Å². The Hall–Kier alpha value is -1.49. The van der Waals surface area contributed by atoms with Crippen LogP contribution >= 0.6 is 15.9 Å². The number of nitrogens with two attached hydrogens (primary N) is 1. The molecular weight excluding hydrogens is 270 g/mol. The van der Waals surface area contributed by atoms with E-state index in [2.05, 4.69) is 21.0 Å². The summed E-state index contributed by atoms with van der Waals surface area (Å²) in [5.41, 5.74) is 7.30. The second kappa shape index (κ2) is 4.57. The second-order valence-electron chi connectivity index (χ2n) is 3.43. The van der Waals surface area contributed by atoms with Gasteiger partial charge in [-0.1, -0.05) is 6.07 Å². The van der Waals surface area contributed by atoms with Crippen LogP contribution in [0.3, 0.4) is 0 Å². The highest BCUT2D eigenvalue weighted by molar-refractivity contribution is 9.10. The molecule has 1 aromatic carbocycles. The lowest BCUT2D eigenvalue weighted by Gasteiger charge is -2.09. The van der Waals surface area contributed by atoms with E-state index >= 15 is 0 Å². The van der Waals surface area contributed by atoms with Crippen molar-refractivity contribution >= 4 is 21.6 Å². The van der Waals surface area contributed by atoms with Crippen LogP contribution in [0.1, 0.15) is 5.69 Å². The maximum atomic E-state index is 5.81. The van der Waals surface area contributed by atoms with Crippen LogP contribution in [0.5, 0.6) is 5.75 Å². The van der Waals surface area contributed by atoms with Crippen molar-refractivity contribution in [2.45, 2.75) is 6.61 Å². The molecule has 2 N–H and O–H groups in total. The Morgan fingerprint density at radius 3 is 2.88 bits per heavy atom. The summed E-state index contributed by atoms with van der Waals surface area (Å²) in [6.45, 7) is 0.410. The van der Waals surface area contributed by atoms with Gasteiger partial charge in [0.2, 0.25) is 0 Å². The Morgan fingerprint density at radius 2 is 2.25 bits per heavy atom. The third-order valence-corrected chi connectivity index (χ3v) is 2.76. The molecule has 0 aliphatic carbocycles. The highest BCUT2D eigenvalue weighted by Gasteiger charge is 2.06. The molecule has 0 amide bonds. The second-order valence-corrected chi connectivity index (χ2v) is 4.28. The molecule has 0 saturated heterocycles. The topological polar surface area (TPSA) is 53.1 Å². The van der Waals surface area contributed by atoms with Crippen molar-refractivity contribution in [2.75, 3.05) is 5.73 Å². The summed E-state index contributed by atoms with van der Waals surface area (Å²) in [4.78, 5) is 0. The van der Waals surface area contributed by atoms with Crippen molar-refractivity contribution in [3.05, 3.63) is 40.6 Å². The molecule has 0 radical (unpaired) electrons. The lowest BCUT2D eigenvalue weighted by atomic mass is 10.3. The fourth-order valence-corrected chi connectivity index (χ4v) is 1.86. The SMILES string of the molecule is Cn1ccc(COc2c(N)cccc2Br)n1. The number of aromatic nitrogens is 2. The molecule has 0 bridgehead atoms. The van der Waals surface area contributed by atoms with Gasteiger partial charge >= 0.3 is 0 Å². The fourth-order valence-electron chi connectivity index (χ4n) is 1.36. The summed E-state index contributed by atoms with van der Waals surface area (Å²) in [6.07, 6.45) is 1.88. The molecule has 0 unspecified atom stereocenters. The number of rotatable bonds is 3. The van der Waals surface area contributed by atoms with Gasteiger partial charge in [0.1, 0.15) is 6.61 Å². The summed E-state index contributed by atoms with van der Waals surface area (Å²) in [5.74, 6) is 0.660. The fraction of sp³-hybridized carbons (Fsp3) is 0.182. The van der Waals surface area contributed by atoms with Gasteiger partial charge in [0.15, 0.2) is 5.75 Å². The van der Waals surface area contributed by atoms with E-state index in [1.54, 1.807) is 10.7 Å². The van der Waals surface area contributed by atoms with Crippen molar-refractivity contribution in [1.29, 1.82) is 0 Å². The number of benzene rings is 1. The molecule has 2 aromatic rings. The first-order chi connectivity index (χ1) is 7.66. The van der Waals surface area contributed by atoms with Crippen LogP contribution < -0.4 is 10.5 Å². The first-order valence-corrected chi connectivity index (χ1v) is 5.61. The van der Waals surface area contributed by atoms with Crippen LogP contribution in [0.15, 0.2) is 34.9 Å². The molecule has 0 saturated carbocycles. The minimum absolute atomic E-state index is 0.410. The van der Waals surface area contributed by atoms with Gasteiger partial charge in [-0.15, -0.1) is 0 Å². The average Bonchev–Trinajstić information content (AvgIpc) is 2.63. The first kappa shape index (κ1) is 11.0. The minimum Gasteiger partial charge on any atom is -0.484 e. The van der Waals surface area contributed by atoms with E-state index in [1.165, 1.54) is 0 Å². The standard InChI is InChI=1S/C11H12BrN3O/c1-15-6-5-8(14-15)7-16-11-9(12)3-2-4-10(11)13/h2-6H,7,13H2,1H3. The van der Waals surface area contributed by atoms with E-state index < -0.39 is 0 Å². The molecule has 0 aliphatic rings. The summed E-state index contributed by atoms with van der Waals surface area (Å²) in [5, 5.41) is 4.22. The molecule has 1 heterocycles. The van der Waals surface area contributed by atoms with Crippen LogP contribution in [0.2, 0.25) is 0 Å². The van der Waals surface area contributed by atoms with Gasteiger partial charge in [-0.3, -0.25) is 4.68 Å². The third kappa shape index (κ3) is 2.36. The van der Waals surface area contributed by atoms with Crippen LogP contribution in [0.25, 0.3) is 0 Å². The number of hydrogen-bond donors (Lipinski definition) is 1. The van der Waals surface area contributed by atoms with Gasteiger partial charge in [0.05, 0.1) is 15.9 Å². The number of para-hydroxylation sites is 1. The Bertz CT molecular complexity index is 475. The van der Waals surface area contributed by atoms with Crippen LogP contribution in [0.4, 0.5) is 5.69 Å².